The van der Waals surface area contributed by atoms with E-state index in [2.05, 4.69) is 15.9 Å². The van der Waals surface area contributed by atoms with Gasteiger partial charge in [-0.2, -0.15) is 0 Å². The van der Waals surface area contributed by atoms with Gasteiger partial charge in [-0.3, -0.25) is 0 Å². The summed E-state index contributed by atoms with van der Waals surface area (Å²) in [4.78, 5) is 10.5. The first kappa shape index (κ1) is 10.9. The molecule has 0 radical (unpaired) electrons. The molecule has 0 atom stereocenters. The molecule has 1 aromatic rings. The Kier molecular flexibility index (Phi) is 3.41. The van der Waals surface area contributed by atoms with Crippen molar-refractivity contribution in [3.05, 3.63) is 39.6 Å². The SMILES string of the molecule is C/C(=C\c1cc(F)cc(Br)c1)C(=O)O. The topological polar surface area (TPSA) is 37.3 Å². The molecule has 14 heavy (non-hydrogen) atoms. The quantitative estimate of drug-likeness (QED) is 0.828. The Balaban J connectivity index is 3.08. The molecule has 0 heterocycles. The summed E-state index contributed by atoms with van der Waals surface area (Å²) in [6, 6.07) is 4.24. The van der Waals surface area contributed by atoms with Crippen LogP contribution in [0.25, 0.3) is 6.08 Å². The molecule has 1 aromatic carbocycles. The van der Waals surface area contributed by atoms with E-state index in [9.17, 15) is 9.18 Å². The second kappa shape index (κ2) is 4.37. The molecule has 1 N–H and O–H groups in total. The molecule has 74 valence electrons. The first-order valence-electron chi connectivity index (χ1n) is 3.87. The average molecular weight is 259 g/mol. The van der Waals surface area contributed by atoms with Gasteiger partial charge in [0.15, 0.2) is 0 Å². The fraction of sp³-hybridized carbons (Fsp3) is 0.100. The smallest absolute Gasteiger partial charge is 0.331 e. The summed E-state index contributed by atoms with van der Waals surface area (Å²) >= 11 is 3.12. The predicted octanol–water partition coefficient (Wildman–Crippen LogP) is 3.08. The monoisotopic (exact) mass is 258 g/mol. The molecule has 0 saturated carbocycles. The molecule has 0 unspecified atom stereocenters. The first-order chi connectivity index (χ1) is 6.49. The molecular formula is C10H8BrFO2. The highest BCUT2D eigenvalue weighted by Gasteiger charge is 2.01. The van der Waals surface area contributed by atoms with Crippen LogP contribution in [0.1, 0.15) is 12.5 Å². The summed E-state index contributed by atoms with van der Waals surface area (Å²) in [5.41, 5.74) is 0.694. The lowest BCUT2D eigenvalue weighted by Gasteiger charge is -1.98. The maximum Gasteiger partial charge on any atom is 0.331 e. The van der Waals surface area contributed by atoms with Gasteiger partial charge in [-0.05, 0) is 36.8 Å². The van der Waals surface area contributed by atoms with Crippen LogP contribution < -0.4 is 0 Å². The normalized spacial score (nSPS) is 11.5. The number of carbonyl (C=O) groups is 1. The number of rotatable bonds is 2. The van der Waals surface area contributed by atoms with Crippen molar-refractivity contribution < 1.29 is 14.3 Å². The minimum absolute atomic E-state index is 0.169. The van der Waals surface area contributed by atoms with Crippen LogP contribution in [0.3, 0.4) is 0 Å². The fourth-order valence-corrected chi connectivity index (χ4v) is 1.45. The minimum atomic E-state index is -1.01. The zero-order valence-corrected chi connectivity index (χ0v) is 9.01. The second-order valence-corrected chi connectivity index (χ2v) is 3.75. The summed E-state index contributed by atoms with van der Waals surface area (Å²) in [6.07, 6.45) is 1.41. The van der Waals surface area contributed by atoms with Gasteiger partial charge in [0.25, 0.3) is 0 Å². The van der Waals surface area contributed by atoms with Crippen molar-refractivity contribution in [3.8, 4) is 0 Å². The molecular weight excluding hydrogens is 251 g/mol. The standard InChI is InChI=1S/C10H8BrFO2/c1-6(10(13)14)2-7-3-8(11)5-9(12)4-7/h2-5H,1H3,(H,13,14)/b6-2+. The molecule has 0 aromatic heterocycles. The molecule has 0 aliphatic rings. The zero-order chi connectivity index (χ0) is 10.7. The van der Waals surface area contributed by atoms with Crippen molar-refractivity contribution in [2.45, 2.75) is 6.92 Å². The molecule has 0 amide bonds. The van der Waals surface area contributed by atoms with Gasteiger partial charge in [0, 0.05) is 10.0 Å². The van der Waals surface area contributed by atoms with Crippen LogP contribution in [0.5, 0.6) is 0 Å². The van der Waals surface area contributed by atoms with E-state index in [-0.39, 0.29) is 5.57 Å². The molecule has 0 spiro atoms. The number of aliphatic carboxylic acids is 1. The second-order valence-electron chi connectivity index (χ2n) is 2.84. The molecule has 2 nitrogen and oxygen atoms in total. The predicted molar refractivity (Wildman–Crippen MR) is 55.4 cm³/mol. The highest BCUT2D eigenvalue weighted by atomic mass is 79.9. The Bertz CT molecular complexity index is 379. The lowest BCUT2D eigenvalue weighted by molar-refractivity contribution is -0.132. The van der Waals surface area contributed by atoms with Gasteiger partial charge in [-0.25, -0.2) is 9.18 Å². The van der Waals surface area contributed by atoms with E-state index in [1.165, 1.54) is 25.1 Å². The van der Waals surface area contributed by atoms with Crippen molar-refractivity contribution in [3.63, 3.8) is 0 Å². The lowest BCUT2D eigenvalue weighted by Crippen LogP contribution is -1.95. The van der Waals surface area contributed by atoms with Crippen molar-refractivity contribution in [1.29, 1.82) is 0 Å². The van der Waals surface area contributed by atoms with Crippen LogP contribution in [0, 0.1) is 5.82 Å². The third-order valence-corrected chi connectivity index (χ3v) is 2.06. The lowest BCUT2D eigenvalue weighted by atomic mass is 10.1. The molecule has 0 fully saturated rings. The maximum atomic E-state index is 12.9. The number of carboxylic acid groups (broad SMARTS) is 1. The van der Waals surface area contributed by atoms with Crippen LogP contribution in [0.4, 0.5) is 4.39 Å². The average Bonchev–Trinajstić information content (AvgIpc) is 2.01. The zero-order valence-electron chi connectivity index (χ0n) is 7.42. The van der Waals surface area contributed by atoms with Crippen molar-refractivity contribution in [1.82, 2.24) is 0 Å². The Morgan fingerprint density at radius 3 is 2.64 bits per heavy atom. The van der Waals surface area contributed by atoms with E-state index >= 15 is 0 Å². The third-order valence-electron chi connectivity index (χ3n) is 1.61. The van der Waals surface area contributed by atoms with E-state index in [0.717, 1.165) is 0 Å². The summed E-state index contributed by atoms with van der Waals surface area (Å²) in [6.45, 7) is 1.46. The van der Waals surface area contributed by atoms with Crippen LogP contribution in [0.15, 0.2) is 28.2 Å². The van der Waals surface area contributed by atoms with E-state index in [1.54, 1.807) is 6.07 Å². The highest BCUT2D eigenvalue weighted by molar-refractivity contribution is 9.10. The van der Waals surface area contributed by atoms with E-state index in [1.807, 2.05) is 0 Å². The van der Waals surface area contributed by atoms with Crippen molar-refractivity contribution >= 4 is 28.0 Å². The van der Waals surface area contributed by atoms with Gasteiger partial charge in [0.1, 0.15) is 5.82 Å². The van der Waals surface area contributed by atoms with Crippen LogP contribution in [-0.2, 0) is 4.79 Å². The van der Waals surface area contributed by atoms with Gasteiger partial charge >= 0.3 is 5.97 Å². The Morgan fingerprint density at radius 2 is 2.14 bits per heavy atom. The number of halogens is 2. The molecule has 0 saturated heterocycles. The molecule has 0 aliphatic carbocycles. The maximum absolute atomic E-state index is 12.9. The largest absolute Gasteiger partial charge is 0.478 e. The number of benzene rings is 1. The van der Waals surface area contributed by atoms with Crippen LogP contribution in [-0.4, -0.2) is 11.1 Å². The molecule has 1 rings (SSSR count). The number of carboxylic acids is 1. The summed E-state index contributed by atoms with van der Waals surface area (Å²) in [7, 11) is 0. The number of hydrogen-bond acceptors (Lipinski definition) is 1. The first-order valence-corrected chi connectivity index (χ1v) is 4.66. The summed E-state index contributed by atoms with van der Waals surface area (Å²) in [5, 5.41) is 8.61. The van der Waals surface area contributed by atoms with Crippen LogP contribution in [0.2, 0.25) is 0 Å². The Morgan fingerprint density at radius 1 is 1.50 bits per heavy atom. The third kappa shape index (κ3) is 2.96. The van der Waals surface area contributed by atoms with Crippen molar-refractivity contribution in [2.75, 3.05) is 0 Å². The fourth-order valence-electron chi connectivity index (χ4n) is 0.970. The van der Waals surface area contributed by atoms with Crippen LogP contribution >= 0.6 is 15.9 Å². The summed E-state index contributed by atoms with van der Waals surface area (Å²) in [5.74, 6) is -1.41. The Hall–Kier alpha value is -1.16. The van der Waals surface area contributed by atoms with Gasteiger partial charge in [-0.15, -0.1) is 0 Å². The van der Waals surface area contributed by atoms with Crippen molar-refractivity contribution in [2.24, 2.45) is 0 Å². The van der Waals surface area contributed by atoms with Gasteiger partial charge in [0.05, 0.1) is 0 Å². The van der Waals surface area contributed by atoms with E-state index in [4.69, 9.17) is 5.11 Å². The molecule has 0 bridgehead atoms. The van der Waals surface area contributed by atoms with E-state index in [0.29, 0.717) is 10.0 Å². The highest BCUT2D eigenvalue weighted by Crippen LogP contribution is 2.17. The van der Waals surface area contributed by atoms with Gasteiger partial charge in [-0.1, -0.05) is 15.9 Å². The molecule has 0 aliphatic heterocycles. The van der Waals surface area contributed by atoms with E-state index < -0.39 is 11.8 Å². The summed E-state index contributed by atoms with van der Waals surface area (Å²) < 4.78 is 13.5. The van der Waals surface area contributed by atoms with Gasteiger partial charge in [0.2, 0.25) is 0 Å². The van der Waals surface area contributed by atoms with Gasteiger partial charge < -0.3 is 5.11 Å². The number of hydrogen-bond donors (Lipinski definition) is 1. The minimum Gasteiger partial charge on any atom is -0.478 e. The molecule has 4 heteroatoms. The Labute approximate surface area is 89.2 Å².